The number of nitrogens with zero attached hydrogens (tertiary/aromatic N) is 1. The number of ether oxygens (including phenoxy) is 1. The summed E-state index contributed by atoms with van der Waals surface area (Å²) >= 11 is 0. The van der Waals surface area contributed by atoms with E-state index >= 15 is 0 Å². The van der Waals surface area contributed by atoms with Gasteiger partial charge in [-0.15, -0.1) is 0 Å². The molecule has 0 aliphatic carbocycles. The molecule has 1 aromatic heterocycles. The molecule has 9 heteroatoms. The van der Waals surface area contributed by atoms with Gasteiger partial charge in [0.15, 0.2) is 22.4 Å². The summed E-state index contributed by atoms with van der Waals surface area (Å²) in [6.07, 6.45) is 1.47. The maximum atomic E-state index is 12.8. The molecule has 1 spiro atoms. The molecule has 1 N–H and O–H groups in total. The highest BCUT2D eigenvalue weighted by molar-refractivity contribution is 6.74. The van der Waals surface area contributed by atoms with Crippen molar-refractivity contribution in [2.75, 3.05) is 6.61 Å². The largest absolute Gasteiger partial charge is 0.414 e. The zero-order valence-electron chi connectivity index (χ0n) is 21.5. The van der Waals surface area contributed by atoms with Crippen molar-refractivity contribution in [3.8, 4) is 0 Å². The van der Waals surface area contributed by atoms with Crippen LogP contribution in [-0.2, 0) is 25.7 Å². The molecule has 2 aliphatic rings. The van der Waals surface area contributed by atoms with Crippen LogP contribution in [0.2, 0.25) is 36.3 Å². The van der Waals surface area contributed by atoms with Gasteiger partial charge in [-0.2, -0.15) is 0 Å². The third kappa shape index (κ3) is 4.64. The molecule has 0 amide bonds. The lowest BCUT2D eigenvalue weighted by molar-refractivity contribution is -0.112. The van der Waals surface area contributed by atoms with E-state index in [1.54, 1.807) is 4.57 Å². The minimum absolute atomic E-state index is 0.0588. The lowest BCUT2D eigenvalue weighted by atomic mass is 10.0. The zero-order valence-corrected chi connectivity index (χ0v) is 23.5. The number of hydrogen-bond acceptors (Lipinski definition) is 5. The highest BCUT2D eigenvalue weighted by Gasteiger charge is 2.54. The van der Waals surface area contributed by atoms with Gasteiger partial charge in [-0.25, -0.2) is 4.79 Å². The van der Waals surface area contributed by atoms with Crippen LogP contribution >= 0.6 is 0 Å². The van der Waals surface area contributed by atoms with Crippen molar-refractivity contribution in [2.24, 2.45) is 0 Å². The van der Waals surface area contributed by atoms with E-state index in [0.29, 0.717) is 25.9 Å². The van der Waals surface area contributed by atoms with Crippen molar-refractivity contribution in [2.45, 2.75) is 115 Å². The molecule has 0 saturated carbocycles. The van der Waals surface area contributed by atoms with E-state index < -0.39 is 28.0 Å². The Balaban J connectivity index is 1.94. The van der Waals surface area contributed by atoms with Crippen LogP contribution in [0, 0.1) is 0 Å². The normalized spacial score (nSPS) is 26.7. The second-order valence-electron chi connectivity index (χ2n) is 12.6. The summed E-state index contributed by atoms with van der Waals surface area (Å²) in [6.45, 7) is 22.8. The molecule has 182 valence electrons. The first-order chi connectivity index (χ1) is 14.4. The smallest absolute Gasteiger partial charge is 0.330 e. The number of aromatic nitrogens is 2. The topological polar surface area (TPSA) is 82.5 Å². The molecule has 3 atom stereocenters. The Hall–Kier alpha value is -1.01. The van der Waals surface area contributed by atoms with Gasteiger partial charge in [0.1, 0.15) is 6.10 Å². The summed E-state index contributed by atoms with van der Waals surface area (Å²) < 4.78 is 21.7. The molecule has 0 unspecified atom stereocenters. The standard InChI is InChI=1S/C23H42N2O5Si2/c1-21(2,3)31(7,8)28-15-18-17(30-32(9,10)22(4,5)6)14-23(29-18)12-11-16-13-19(26)24-20(27)25(16)23/h13,17-18H,11-12,14-15H2,1-10H3,(H,24,26,27)/t17-,18+,23+/m0/s1. The molecule has 3 rings (SSSR count). The monoisotopic (exact) mass is 482 g/mol. The Kier molecular flexibility index (Phi) is 6.44. The fraction of sp³-hybridized carbons (Fsp3) is 0.826. The Labute approximate surface area is 194 Å². The average molecular weight is 483 g/mol. The number of nitrogens with one attached hydrogen (secondary N) is 1. The van der Waals surface area contributed by atoms with Crippen LogP contribution in [0.3, 0.4) is 0 Å². The van der Waals surface area contributed by atoms with Crippen molar-refractivity contribution in [3.05, 3.63) is 32.6 Å². The van der Waals surface area contributed by atoms with E-state index in [1.807, 2.05) is 0 Å². The SMILES string of the molecule is CC(C)(C)[Si](C)(C)OC[C@H]1O[C@]2(CCc3cc(=O)[nH]c(=O)n32)C[C@@H]1O[Si](C)(C)C(C)(C)C. The second kappa shape index (κ2) is 8.04. The van der Waals surface area contributed by atoms with Crippen LogP contribution in [0.5, 0.6) is 0 Å². The summed E-state index contributed by atoms with van der Waals surface area (Å²) in [4.78, 5) is 27.0. The first-order valence-electron chi connectivity index (χ1n) is 11.7. The van der Waals surface area contributed by atoms with Crippen molar-refractivity contribution in [1.29, 1.82) is 0 Å². The van der Waals surface area contributed by atoms with Gasteiger partial charge in [-0.05, 0) is 42.7 Å². The first-order valence-corrected chi connectivity index (χ1v) is 17.6. The molecule has 0 aromatic carbocycles. The van der Waals surface area contributed by atoms with Crippen molar-refractivity contribution in [1.82, 2.24) is 9.55 Å². The average Bonchev–Trinajstić information content (AvgIpc) is 3.11. The highest BCUT2D eigenvalue weighted by Crippen LogP contribution is 2.47. The van der Waals surface area contributed by atoms with Gasteiger partial charge in [-0.3, -0.25) is 14.3 Å². The van der Waals surface area contributed by atoms with Crippen molar-refractivity contribution >= 4 is 16.6 Å². The molecule has 1 saturated heterocycles. The van der Waals surface area contributed by atoms with Crippen LogP contribution in [0.25, 0.3) is 0 Å². The molecule has 1 fully saturated rings. The van der Waals surface area contributed by atoms with Gasteiger partial charge in [0.05, 0.1) is 12.7 Å². The Bertz CT molecular complexity index is 970. The van der Waals surface area contributed by atoms with E-state index in [1.165, 1.54) is 6.07 Å². The summed E-state index contributed by atoms with van der Waals surface area (Å²) in [6, 6.07) is 1.52. The van der Waals surface area contributed by atoms with Gasteiger partial charge >= 0.3 is 5.69 Å². The highest BCUT2D eigenvalue weighted by atomic mass is 28.4. The molecule has 32 heavy (non-hydrogen) atoms. The lowest BCUT2D eigenvalue weighted by Crippen LogP contribution is -2.48. The third-order valence-electron chi connectivity index (χ3n) is 8.17. The van der Waals surface area contributed by atoms with Gasteiger partial charge in [0.2, 0.25) is 0 Å². The molecule has 2 aliphatic heterocycles. The molecule has 0 radical (unpaired) electrons. The second-order valence-corrected chi connectivity index (χ2v) is 22.1. The maximum Gasteiger partial charge on any atom is 0.330 e. The molecule has 1 aromatic rings. The van der Waals surface area contributed by atoms with Gasteiger partial charge in [0.25, 0.3) is 5.56 Å². The predicted molar refractivity (Wildman–Crippen MR) is 132 cm³/mol. The first kappa shape index (κ1) is 25.6. The number of H-pyrrole nitrogens is 1. The third-order valence-corrected chi connectivity index (χ3v) is 17.2. The van der Waals surface area contributed by atoms with E-state index in [9.17, 15) is 9.59 Å². The van der Waals surface area contributed by atoms with Gasteiger partial charge in [0, 0.05) is 24.6 Å². The molecular formula is C23H42N2O5Si2. The summed E-state index contributed by atoms with van der Waals surface area (Å²) in [5.74, 6) is 0. The fourth-order valence-electron chi connectivity index (χ4n) is 4.09. The Morgan fingerprint density at radius 3 is 2.25 bits per heavy atom. The summed E-state index contributed by atoms with van der Waals surface area (Å²) in [5.41, 5.74) is -0.813. The van der Waals surface area contributed by atoms with Crippen molar-refractivity contribution < 1.29 is 13.6 Å². The Morgan fingerprint density at radius 1 is 1.09 bits per heavy atom. The summed E-state index contributed by atoms with van der Waals surface area (Å²) in [7, 11) is -4.05. The molecule has 0 bridgehead atoms. The van der Waals surface area contributed by atoms with E-state index in [-0.39, 0.29) is 27.8 Å². The van der Waals surface area contributed by atoms with Gasteiger partial charge < -0.3 is 13.6 Å². The van der Waals surface area contributed by atoms with Crippen LogP contribution in [0.15, 0.2) is 15.7 Å². The predicted octanol–water partition coefficient (Wildman–Crippen LogP) is 4.34. The van der Waals surface area contributed by atoms with Crippen LogP contribution in [-0.4, -0.2) is 45.0 Å². The van der Waals surface area contributed by atoms with E-state index in [2.05, 4.69) is 72.7 Å². The van der Waals surface area contributed by atoms with Gasteiger partial charge in [-0.1, -0.05) is 41.5 Å². The zero-order chi connectivity index (χ0) is 24.3. The number of fused-ring (bicyclic) bond motifs is 2. The van der Waals surface area contributed by atoms with Crippen molar-refractivity contribution in [3.63, 3.8) is 0 Å². The summed E-state index contributed by atoms with van der Waals surface area (Å²) in [5, 5.41) is 0.151. The van der Waals surface area contributed by atoms with Crippen LogP contribution < -0.4 is 11.2 Å². The number of aryl methyl sites for hydroxylation is 1. The fourth-order valence-corrected chi connectivity index (χ4v) is 6.45. The van der Waals surface area contributed by atoms with Crippen LogP contribution in [0.4, 0.5) is 0 Å². The van der Waals surface area contributed by atoms with E-state index in [4.69, 9.17) is 13.6 Å². The minimum atomic E-state index is -2.07. The lowest BCUT2D eigenvalue weighted by Gasteiger charge is -2.40. The number of hydrogen-bond donors (Lipinski definition) is 1. The molecule has 7 nitrogen and oxygen atoms in total. The molecule has 3 heterocycles. The number of aromatic amines is 1. The quantitative estimate of drug-likeness (QED) is 0.632. The maximum absolute atomic E-state index is 12.8. The minimum Gasteiger partial charge on any atom is -0.414 e. The number of rotatable bonds is 5. The molecular weight excluding hydrogens is 440 g/mol. The van der Waals surface area contributed by atoms with Crippen LogP contribution in [0.1, 0.15) is 60.1 Å². The van der Waals surface area contributed by atoms with E-state index in [0.717, 1.165) is 5.69 Å². The Morgan fingerprint density at radius 2 is 1.69 bits per heavy atom.